The molecule has 0 spiro atoms. The third-order valence-electron chi connectivity index (χ3n) is 3.91. The van der Waals surface area contributed by atoms with Gasteiger partial charge in [0.25, 0.3) is 5.91 Å². The summed E-state index contributed by atoms with van der Waals surface area (Å²) in [6.07, 6.45) is -0.751. The van der Waals surface area contributed by atoms with E-state index in [1.165, 1.54) is 7.05 Å². The second-order valence-corrected chi connectivity index (χ2v) is 5.98. The summed E-state index contributed by atoms with van der Waals surface area (Å²) < 4.78 is 16.0. The van der Waals surface area contributed by atoms with E-state index in [0.29, 0.717) is 24.3 Å². The number of esters is 1. The van der Waals surface area contributed by atoms with E-state index in [1.54, 1.807) is 61.7 Å². The first-order chi connectivity index (χ1) is 14.0. The van der Waals surface area contributed by atoms with Crippen LogP contribution in [0.5, 0.6) is 11.5 Å². The molecule has 0 aliphatic carbocycles. The van der Waals surface area contributed by atoms with Gasteiger partial charge in [-0.15, -0.1) is 0 Å². The molecule has 0 saturated heterocycles. The highest BCUT2D eigenvalue weighted by Gasteiger charge is 2.26. The van der Waals surface area contributed by atoms with Crippen molar-refractivity contribution in [3.05, 3.63) is 60.2 Å². The lowest BCUT2D eigenvalue weighted by molar-refractivity contribution is -0.156. The summed E-state index contributed by atoms with van der Waals surface area (Å²) in [5.74, 6) is 0.0943. The number of carbonyl (C=O) groups is 3. The predicted octanol–water partition coefficient (Wildman–Crippen LogP) is 2.59. The SMILES string of the molecule is CNC(=O)NC(=O)[C@@H](OC(=O)CCCOc1ccc(OC)cc1)c1ccccc1. The van der Waals surface area contributed by atoms with E-state index in [9.17, 15) is 14.4 Å². The molecule has 2 aromatic carbocycles. The van der Waals surface area contributed by atoms with E-state index in [2.05, 4.69) is 10.6 Å². The van der Waals surface area contributed by atoms with E-state index in [-0.39, 0.29) is 6.42 Å². The maximum Gasteiger partial charge on any atom is 0.321 e. The first-order valence-corrected chi connectivity index (χ1v) is 9.07. The summed E-state index contributed by atoms with van der Waals surface area (Å²) in [6, 6.07) is 14.9. The summed E-state index contributed by atoms with van der Waals surface area (Å²) in [5.41, 5.74) is 0.469. The lowest BCUT2D eigenvalue weighted by Gasteiger charge is -2.17. The number of hydrogen-bond donors (Lipinski definition) is 2. The van der Waals surface area contributed by atoms with Crippen molar-refractivity contribution in [3.63, 3.8) is 0 Å². The number of imide groups is 1. The minimum Gasteiger partial charge on any atom is -0.497 e. The minimum absolute atomic E-state index is 0.0622. The van der Waals surface area contributed by atoms with Gasteiger partial charge in [0.05, 0.1) is 13.7 Å². The van der Waals surface area contributed by atoms with Crippen LogP contribution in [0.1, 0.15) is 24.5 Å². The average Bonchev–Trinajstić information content (AvgIpc) is 2.75. The molecular weight excluding hydrogens is 376 g/mol. The van der Waals surface area contributed by atoms with Crippen LogP contribution in [-0.2, 0) is 14.3 Å². The van der Waals surface area contributed by atoms with Crippen LogP contribution in [0.2, 0.25) is 0 Å². The second-order valence-electron chi connectivity index (χ2n) is 5.98. The van der Waals surface area contributed by atoms with Crippen molar-refractivity contribution in [1.29, 1.82) is 0 Å². The lowest BCUT2D eigenvalue weighted by Crippen LogP contribution is -2.41. The molecule has 0 aromatic heterocycles. The zero-order valence-corrected chi connectivity index (χ0v) is 16.3. The Morgan fingerprint density at radius 2 is 1.62 bits per heavy atom. The van der Waals surface area contributed by atoms with Crippen LogP contribution < -0.4 is 20.1 Å². The van der Waals surface area contributed by atoms with Crippen molar-refractivity contribution in [2.24, 2.45) is 0 Å². The van der Waals surface area contributed by atoms with Crippen molar-refractivity contribution in [3.8, 4) is 11.5 Å². The van der Waals surface area contributed by atoms with E-state index in [0.717, 1.165) is 5.75 Å². The van der Waals surface area contributed by atoms with Gasteiger partial charge in [-0.05, 0) is 30.7 Å². The molecule has 2 N–H and O–H groups in total. The smallest absolute Gasteiger partial charge is 0.321 e. The monoisotopic (exact) mass is 400 g/mol. The van der Waals surface area contributed by atoms with Crippen molar-refractivity contribution in [2.45, 2.75) is 18.9 Å². The van der Waals surface area contributed by atoms with Gasteiger partial charge in [-0.3, -0.25) is 14.9 Å². The topological polar surface area (TPSA) is 103 Å². The summed E-state index contributed by atoms with van der Waals surface area (Å²) in [7, 11) is 2.97. The predicted molar refractivity (Wildman–Crippen MR) is 106 cm³/mol. The Balaban J connectivity index is 1.86. The number of benzene rings is 2. The molecule has 0 unspecified atom stereocenters. The number of amides is 3. The van der Waals surface area contributed by atoms with E-state index >= 15 is 0 Å². The fourth-order valence-corrected chi connectivity index (χ4v) is 2.41. The molecule has 8 heteroatoms. The normalized spacial score (nSPS) is 11.1. The number of hydrogen-bond acceptors (Lipinski definition) is 6. The number of carbonyl (C=O) groups excluding carboxylic acids is 3. The number of nitrogens with one attached hydrogen (secondary N) is 2. The highest BCUT2D eigenvalue weighted by Crippen LogP contribution is 2.19. The molecule has 0 aliphatic heterocycles. The molecule has 0 heterocycles. The Hall–Kier alpha value is -3.55. The van der Waals surface area contributed by atoms with Crippen LogP contribution in [0, 0.1) is 0 Å². The third-order valence-corrected chi connectivity index (χ3v) is 3.91. The summed E-state index contributed by atoms with van der Waals surface area (Å²) >= 11 is 0. The van der Waals surface area contributed by atoms with Crippen LogP contribution in [0.3, 0.4) is 0 Å². The molecular formula is C21H24N2O6. The van der Waals surface area contributed by atoms with Crippen molar-refractivity contribution in [2.75, 3.05) is 20.8 Å². The Morgan fingerprint density at radius 3 is 2.24 bits per heavy atom. The van der Waals surface area contributed by atoms with E-state index in [1.807, 2.05) is 0 Å². The van der Waals surface area contributed by atoms with Gasteiger partial charge in [0.2, 0.25) is 6.10 Å². The van der Waals surface area contributed by atoms with Gasteiger partial charge in [0.15, 0.2) is 0 Å². The summed E-state index contributed by atoms with van der Waals surface area (Å²) in [5, 5.41) is 4.41. The first kappa shape index (κ1) is 21.7. The molecule has 154 valence electrons. The molecule has 2 aromatic rings. The van der Waals surface area contributed by atoms with Gasteiger partial charge >= 0.3 is 12.0 Å². The Kier molecular flexibility index (Phi) is 8.50. The molecule has 0 bridgehead atoms. The highest BCUT2D eigenvalue weighted by molar-refractivity contribution is 5.97. The van der Waals surface area contributed by atoms with Gasteiger partial charge in [0.1, 0.15) is 11.5 Å². The number of ether oxygens (including phenoxy) is 3. The molecule has 1 atom stereocenters. The largest absolute Gasteiger partial charge is 0.497 e. The van der Waals surface area contributed by atoms with E-state index < -0.39 is 24.0 Å². The Bertz CT molecular complexity index is 808. The lowest BCUT2D eigenvalue weighted by atomic mass is 10.1. The van der Waals surface area contributed by atoms with Crippen molar-refractivity contribution >= 4 is 17.9 Å². The van der Waals surface area contributed by atoms with Gasteiger partial charge < -0.3 is 19.5 Å². The fraction of sp³-hybridized carbons (Fsp3) is 0.286. The molecule has 2 rings (SSSR count). The highest BCUT2D eigenvalue weighted by atomic mass is 16.5. The van der Waals surface area contributed by atoms with Crippen molar-refractivity contribution in [1.82, 2.24) is 10.6 Å². The number of methoxy groups -OCH3 is 1. The second kappa shape index (κ2) is 11.3. The van der Waals surface area contributed by atoms with Gasteiger partial charge in [-0.2, -0.15) is 0 Å². The molecule has 0 fully saturated rings. The zero-order chi connectivity index (χ0) is 21.1. The third kappa shape index (κ3) is 7.17. The first-order valence-electron chi connectivity index (χ1n) is 9.07. The van der Waals surface area contributed by atoms with Gasteiger partial charge in [-0.1, -0.05) is 30.3 Å². The number of urea groups is 1. The number of rotatable bonds is 9. The average molecular weight is 400 g/mol. The molecule has 0 saturated carbocycles. The molecule has 0 radical (unpaired) electrons. The van der Waals surface area contributed by atoms with Crippen LogP contribution in [0.25, 0.3) is 0 Å². The van der Waals surface area contributed by atoms with Crippen LogP contribution in [-0.4, -0.2) is 38.7 Å². The maximum atomic E-state index is 12.3. The van der Waals surface area contributed by atoms with Crippen LogP contribution in [0.4, 0.5) is 4.79 Å². The minimum atomic E-state index is -1.22. The van der Waals surface area contributed by atoms with Gasteiger partial charge in [-0.25, -0.2) is 4.79 Å². The standard InChI is InChI=1S/C21H24N2O6/c1-22-21(26)23-20(25)19(15-7-4-3-5-8-15)29-18(24)9-6-14-28-17-12-10-16(27-2)11-13-17/h3-5,7-8,10-13,19H,6,9,14H2,1-2H3,(H2,22,23,25,26)/t19-/m0/s1. The molecule has 29 heavy (non-hydrogen) atoms. The van der Waals surface area contributed by atoms with Crippen molar-refractivity contribution < 1.29 is 28.6 Å². The molecule has 0 aliphatic rings. The summed E-state index contributed by atoms with van der Waals surface area (Å²) in [6.45, 7) is 0.307. The van der Waals surface area contributed by atoms with Crippen LogP contribution >= 0.6 is 0 Å². The van der Waals surface area contributed by atoms with E-state index in [4.69, 9.17) is 14.2 Å². The molecule has 3 amide bonds. The van der Waals surface area contributed by atoms with Gasteiger partial charge in [0, 0.05) is 19.0 Å². The maximum absolute atomic E-state index is 12.3. The molecule has 8 nitrogen and oxygen atoms in total. The summed E-state index contributed by atoms with van der Waals surface area (Å²) in [4.78, 5) is 36.0. The fourth-order valence-electron chi connectivity index (χ4n) is 2.41. The van der Waals surface area contributed by atoms with Crippen LogP contribution in [0.15, 0.2) is 54.6 Å². The zero-order valence-electron chi connectivity index (χ0n) is 16.3. The Labute approximate surface area is 169 Å². The Morgan fingerprint density at radius 1 is 0.966 bits per heavy atom. The quantitative estimate of drug-likeness (QED) is 0.495.